The van der Waals surface area contributed by atoms with Crippen LogP contribution in [0, 0.1) is 6.92 Å². The first-order valence-electron chi connectivity index (χ1n) is 2.25. The van der Waals surface area contributed by atoms with Crippen molar-refractivity contribution in [3.05, 3.63) is 28.1 Å². The average Bonchev–Trinajstić information content (AvgIpc) is 1.82. The summed E-state index contributed by atoms with van der Waals surface area (Å²) >= 11 is 16.3. The highest BCUT2D eigenvalue weighted by molar-refractivity contribution is 6.36. The first kappa shape index (κ1) is 8.05. The Morgan fingerprint density at radius 1 is 1.00 bits per heavy atom. The number of hydrogen-bond donors (Lipinski definition) is 0. The molecule has 0 saturated heterocycles. The summed E-state index contributed by atoms with van der Waals surface area (Å²) in [5, 5.41) is 0.138. The molecule has 2 radical (unpaired) electrons. The van der Waals surface area contributed by atoms with E-state index in [4.69, 9.17) is 41.7 Å². The van der Waals surface area contributed by atoms with E-state index in [2.05, 4.69) is 9.97 Å². The lowest BCUT2D eigenvalue weighted by Crippen LogP contribution is -1.88. The molecule has 0 bridgehead atoms. The Balaban J connectivity index is 3.31. The second-order valence-corrected chi connectivity index (χ2v) is 2.54. The maximum Gasteiger partial charge on any atom is 0.225 e. The van der Waals surface area contributed by atoms with Gasteiger partial charge in [-0.05, 0) is 11.6 Å². The quantitative estimate of drug-likeness (QED) is 0.469. The highest BCUT2D eigenvalue weighted by atomic mass is 35.5. The summed E-state index contributed by atoms with van der Waals surface area (Å²) in [4.78, 5) is 7.09. The van der Waals surface area contributed by atoms with Gasteiger partial charge < -0.3 is 0 Å². The molecule has 0 fully saturated rings. The van der Waals surface area contributed by atoms with Gasteiger partial charge in [-0.1, -0.05) is 23.2 Å². The third-order valence-electron chi connectivity index (χ3n) is 0.825. The van der Waals surface area contributed by atoms with E-state index in [1.165, 1.54) is 0 Å². The minimum absolute atomic E-state index is 0.01000. The third-order valence-corrected chi connectivity index (χ3v) is 1.57. The molecule has 1 aromatic rings. The Morgan fingerprint density at radius 3 is 1.80 bits per heavy atom. The molecule has 0 unspecified atom stereocenters. The van der Waals surface area contributed by atoms with E-state index in [0.29, 0.717) is 0 Å². The Morgan fingerprint density at radius 2 is 1.40 bits per heavy atom. The van der Waals surface area contributed by atoms with E-state index in [9.17, 15) is 0 Å². The van der Waals surface area contributed by atoms with Crippen LogP contribution in [0.2, 0.25) is 15.6 Å². The Labute approximate surface area is 73.1 Å². The predicted octanol–water partition coefficient (Wildman–Crippen LogP) is 2.50. The van der Waals surface area contributed by atoms with Crippen LogP contribution < -0.4 is 0 Å². The lowest BCUT2D eigenvalue weighted by atomic mass is 10.4. The van der Waals surface area contributed by atoms with E-state index in [-0.39, 0.29) is 21.2 Å². The van der Waals surface area contributed by atoms with Gasteiger partial charge in [-0.2, -0.15) is 0 Å². The molecule has 0 aliphatic carbocycles. The molecule has 0 amide bonds. The van der Waals surface area contributed by atoms with Gasteiger partial charge in [0.1, 0.15) is 10.3 Å². The Kier molecular flexibility index (Phi) is 2.34. The fourth-order valence-corrected chi connectivity index (χ4v) is 1.04. The maximum absolute atomic E-state index is 5.47. The third kappa shape index (κ3) is 1.51. The molecule has 2 nitrogen and oxygen atoms in total. The first-order valence-corrected chi connectivity index (χ1v) is 3.38. The summed E-state index contributed by atoms with van der Waals surface area (Å²) in [6.07, 6.45) is 0. The van der Waals surface area contributed by atoms with Crippen LogP contribution >= 0.6 is 34.8 Å². The largest absolute Gasteiger partial charge is 0.225 e. The van der Waals surface area contributed by atoms with Crippen molar-refractivity contribution in [1.82, 2.24) is 9.97 Å². The second kappa shape index (κ2) is 2.91. The molecule has 0 spiro atoms. The topological polar surface area (TPSA) is 25.8 Å². The van der Waals surface area contributed by atoms with Gasteiger partial charge in [-0.25, -0.2) is 9.97 Å². The molecule has 1 aromatic heterocycles. The summed E-state index contributed by atoms with van der Waals surface area (Å²) in [6.45, 7) is 5.30. The SMILES string of the molecule is [CH]c1c(Cl)nc(Cl)nc1Cl. The molecule has 0 aromatic carbocycles. The lowest BCUT2D eigenvalue weighted by molar-refractivity contribution is 1.15. The van der Waals surface area contributed by atoms with Crippen LogP contribution in [0.1, 0.15) is 5.56 Å². The van der Waals surface area contributed by atoms with Gasteiger partial charge in [0.25, 0.3) is 0 Å². The van der Waals surface area contributed by atoms with Crippen molar-refractivity contribution < 1.29 is 0 Å². The summed E-state index contributed by atoms with van der Waals surface area (Å²) in [5.74, 6) is 0. The smallest absolute Gasteiger partial charge is 0.206 e. The Hall–Kier alpha value is -0.0500. The van der Waals surface area contributed by atoms with Crippen molar-refractivity contribution in [2.75, 3.05) is 0 Å². The van der Waals surface area contributed by atoms with Crippen LogP contribution in [0.4, 0.5) is 0 Å². The molecule has 0 atom stereocenters. The molecule has 0 aliphatic heterocycles. The van der Waals surface area contributed by atoms with E-state index >= 15 is 0 Å². The van der Waals surface area contributed by atoms with Gasteiger partial charge in [-0.15, -0.1) is 0 Å². The second-order valence-electron chi connectivity index (χ2n) is 1.49. The van der Waals surface area contributed by atoms with E-state index in [1.807, 2.05) is 0 Å². The zero-order chi connectivity index (χ0) is 7.72. The maximum atomic E-state index is 5.47. The van der Waals surface area contributed by atoms with Crippen molar-refractivity contribution >= 4 is 34.8 Å². The van der Waals surface area contributed by atoms with Crippen LogP contribution in [0.15, 0.2) is 0 Å². The first-order chi connectivity index (χ1) is 4.61. The molecule has 0 N–H and O–H groups in total. The summed E-state index contributed by atoms with van der Waals surface area (Å²) < 4.78 is 0. The summed E-state index contributed by atoms with van der Waals surface area (Å²) in [5.41, 5.74) is 0.146. The van der Waals surface area contributed by atoms with E-state index in [1.54, 1.807) is 0 Å². The molecule has 0 saturated carbocycles. The fraction of sp³-hybridized carbons (Fsp3) is 0. The standard InChI is InChI=1S/C5HCl3N2/c1-2-3(6)9-5(8)10-4(2)7/h1H. The van der Waals surface area contributed by atoms with Gasteiger partial charge in [-0.3, -0.25) is 0 Å². The number of rotatable bonds is 0. The van der Waals surface area contributed by atoms with Crippen molar-refractivity contribution in [2.24, 2.45) is 0 Å². The minimum Gasteiger partial charge on any atom is -0.206 e. The fourth-order valence-electron chi connectivity index (χ4n) is 0.393. The minimum atomic E-state index is -0.01000. The zero-order valence-corrected chi connectivity index (χ0v) is 6.87. The summed E-state index contributed by atoms with van der Waals surface area (Å²) in [6, 6.07) is 0. The highest BCUT2D eigenvalue weighted by Crippen LogP contribution is 2.20. The molecule has 52 valence electrons. The molecular formula is C5HCl3N2. The average molecular weight is 195 g/mol. The summed E-state index contributed by atoms with van der Waals surface area (Å²) in [7, 11) is 0. The highest BCUT2D eigenvalue weighted by Gasteiger charge is 2.04. The van der Waals surface area contributed by atoms with Gasteiger partial charge in [0.05, 0.1) is 0 Å². The van der Waals surface area contributed by atoms with Crippen LogP contribution in [-0.4, -0.2) is 9.97 Å². The monoisotopic (exact) mass is 194 g/mol. The van der Waals surface area contributed by atoms with E-state index in [0.717, 1.165) is 0 Å². The van der Waals surface area contributed by atoms with Gasteiger partial charge in [0.2, 0.25) is 5.28 Å². The number of hydrogen-bond acceptors (Lipinski definition) is 2. The molecule has 10 heavy (non-hydrogen) atoms. The van der Waals surface area contributed by atoms with Crippen molar-refractivity contribution in [3.63, 3.8) is 0 Å². The van der Waals surface area contributed by atoms with Crippen LogP contribution in [0.3, 0.4) is 0 Å². The number of halogens is 3. The van der Waals surface area contributed by atoms with Gasteiger partial charge in [0, 0.05) is 12.5 Å². The van der Waals surface area contributed by atoms with Crippen LogP contribution in [0.5, 0.6) is 0 Å². The predicted molar refractivity (Wildman–Crippen MR) is 40.5 cm³/mol. The van der Waals surface area contributed by atoms with Crippen molar-refractivity contribution in [3.8, 4) is 0 Å². The molecular weight excluding hydrogens is 194 g/mol. The number of aromatic nitrogens is 2. The molecule has 0 aliphatic rings. The molecule has 1 rings (SSSR count). The van der Waals surface area contributed by atoms with Crippen LogP contribution in [0.25, 0.3) is 0 Å². The molecule has 5 heteroatoms. The van der Waals surface area contributed by atoms with Gasteiger partial charge in [0.15, 0.2) is 0 Å². The van der Waals surface area contributed by atoms with Crippen molar-refractivity contribution in [2.45, 2.75) is 0 Å². The molecule has 1 heterocycles. The van der Waals surface area contributed by atoms with Crippen LogP contribution in [-0.2, 0) is 0 Å². The Bertz CT molecular complexity index is 238. The van der Waals surface area contributed by atoms with Gasteiger partial charge >= 0.3 is 0 Å². The normalized spacial score (nSPS) is 10.0. The number of nitrogens with zero attached hydrogens (tertiary/aromatic N) is 2. The lowest BCUT2D eigenvalue weighted by Gasteiger charge is -1.97. The zero-order valence-electron chi connectivity index (χ0n) is 4.61. The van der Waals surface area contributed by atoms with E-state index < -0.39 is 0 Å². The van der Waals surface area contributed by atoms with Crippen molar-refractivity contribution in [1.29, 1.82) is 0 Å².